The zero-order valence-electron chi connectivity index (χ0n) is 12.0. The van der Waals surface area contributed by atoms with Crippen molar-refractivity contribution in [3.05, 3.63) is 48.0 Å². The molecule has 0 radical (unpaired) electrons. The van der Waals surface area contributed by atoms with E-state index in [1.165, 1.54) is 0 Å². The Morgan fingerprint density at radius 1 is 1.52 bits per heavy atom. The van der Waals surface area contributed by atoms with Gasteiger partial charge in [-0.2, -0.15) is 0 Å². The van der Waals surface area contributed by atoms with Gasteiger partial charge in [0.15, 0.2) is 0 Å². The molecule has 0 bridgehead atoms. The first kappa shape index (κ1) is 15.1. The van der Waals surface area contributed by atoms with Gasteiger partial charge >= 0.3 is 0 Å². The van der Waals surface area contributed by atoms with Crippen LogP contribution in [-0.4, -0.2) is 35.6 Å². The third-order valence-corrected chi connectivity index (χ3v) is 3.18. The van der Waals surface area contributed by atoms with Crippen LogP contribution in [0.2, 0.25) is 0 Å². The van der Waals surface area contributed by atoms with Crippen molar-refractivity contribution in [1.29, 1.82) is 0 Å². The SMILES string of the molecule is COc1cccc(CCNC(=O)[C@@H](N)Cc2cnc[nH]2)c1. The minimum Gasteiger partial charge on any atom is -0.497 e. The van der Waals surface area contributed by atoms with Crippen LogP contribution in [0.4, 0.5) is 0 Å². The third-order valence-electron chi connectivity index (χ3n) is 3.18. The van der Waals surface area contributed by atoms with Crippen LogP contribution in [-0.2, 0) is 17.6 Å². The summed E-state index contributed by atoms with van der Waals surface area (Å²) in [6, 6.07) is 7.20. The molecule has 0 saturated carbocycles. The summed E-state index contributed by atoms with van der Waals surface area (Å²) >= 11 is 0. The van der Waals surface area contributed by atoms with Crippen LogP contribution in [0.5, 0.6) is 5.75 Å². The number of hydrogen-bond acceptors (Lipinski definition) is 4. The van der Waals surface area contributed by atoms with Gasteiger partial charge < -0.3 is 20.8 Å². The summed E-state index contributed by atoms with van der Waals surface area (Å²) in [5.41, 5.74) is 7.81. The van der Waals surface area contributed by atoms with E-state index in [1.54, 1.807) is 19.6 Å². The molecule has 4 N–H and O–H groups in total. The molecule has 112 valence electrons. The second-order valence-electron chi connectivity index (χ2n) is 4.78. The first-order valence-corrected chi connectivity index (χ1v) is 6.82. The number of methoxy groups -OCH3 is 1. The number of nitrogens with two attached hydrogens (primary N) is 1. The summed E-state index contributed by atoms with van der Waals surface area (Å²) in [5.74, 6) is 0.655. The summed E-state index contributed by atoms with van der Waals surface area (Å²) in [6.07, 6.45) is 4.43. The molecule has 1 heterocycles. The molecular weight excluding hydrogens is 268 g/mol. The minimum absolute atomic E-state index is 0.160. The monoisotopic (exact) mass is 288 g/mol. The number of aromatic nitrogens is 2. The van der Waals surface area contributed by atoms with Gasteiger partial charge in [0.1, 0.15) is 5.75 Å². The number of hydrogen-bond donors (Lipinski definition) is 3. The maximum Gasteiger partial charge on any atom is 0.237 e. The number of benzene rings is 1. The number of H-pyrrole nitrogens is 1. The molecule has 0 aliphatic rings. The molecule has 0 fully saturated rings. The van der Waals surface area contributed by atoms with Crippen LogP contribution in [0.1, 0.15) is 11.3 Å². The van der Waals surface area contributed by atoms with E-state index < -0.39 is 6.04 Å². The van der Waals surface area contributed by atoms with Crippen molar-refractivity contribution in [1.82, 2.24) is 15.3 Å². The van der Waals surface area contributed by atoms with E-state index in [0.717, 1.165) is 23.4 Å². The van der Waals surface area contributed by atoms with Gasteiger partial charge in [-0.3, -0.25) is 4.79 Å². The Kier molecular flexibility index (Phi) is 5.34. The molecule has 2 rings (SSSR count). The molecule has 0 aliphatic carbocycles. The minimum atomic E-state index is -0.573. The Morgan fingerprint density at radius 2 is 2.38 bits per heavy atom. The first-order valence-electron chi connectivity index (χ1n) is 6.82. The van der Waals surface area contributed by atoms with Gasteiger partial charge in [-0.15, -0.1) is 0 Å². The van der Waals surface area contributed by atoms with E-state index in [2.05, 4.69) is 15.3 Å². The maximum absolute atomic E-state index is 11.9. The molecule has 2 aromatic rings. The Balaban J connectivity index is 1.75. The lowest BCUT2D eigenvalue weighted by Gasteiger charge is -2.11. The number of imidazole rings is 1. The predicted molar refractivity (Wildman–Crippen MR) is 80.0 cm³/mol. The number of rotatable bonds is 7. The average Bonchev–Trinajstić information content (AvgIpc) is 3.00. The standard InChI is InChI=1S/C15H20N4O2/c1-21-13-4-2-3-11(7-13)5-6-18-15(20)14(16)8-12-9-17-10-19-12/h2-4,7,9-10,14H,5-6,8,16H2,1H3,(H,17,19)(H,18,20)/t14-/m0/s1. The summed E-state index contributed by atoms with van der Waals surface area (Å²) < 4.78 is 5.16. The van der Waals surface area contributed by atoms with Crippen molar-refractivity contribution in [3.63, 3.8) is 0 Å². The van der Waals surface area contributed by atoms with Gasteiger partial charge in [0.05, 0.1) is 19.5 Å². The van der Waals surface area contributed by atoms with Crippen molar-refractivity contribution in [2.24, 2.45) is 5.73 Å². The van der Waals surface area contributed by atoms with Crippen LogP contribution < -0.4 is 15.8 Å². The van der Waals surface area contributed by atoms with Crippen LogP contribution in [0.3, 0.4) is 0 Å². The Hall–Kier alpha value is -2.34. The number of amides is 1. The van der Waals surface area contributed by atoms with E-state index in [9.17, 15) is 4.79 Å². The predicted octanol–water partition coefficient (Wildman–Crippen LogP) is 0.647. The number of carbonyl (C=O) groups is 1. The van der Waals surface area contributed by atoms with E-state index in [4.69, 9.17) is 10.5 Å². The number of carbonyl (C=O) groups excluding carboxylic acids is 1. The topological polar surface area (TPSA) is 93.0 Å². The molecule has 21 heavy (non-hydrogen) atoms. The van der Waals surface area contributed by atoms with E-state index in [-0.39, 0.29) is 5.91 Å². The highest BCUT2D eigenvalue weighted by molar-refractivity contribution is 5.81. The molecule has 1 atom stereocenters. The molecule has 0 unspecified atom stereocenters. The Morgan fingerprint density at radius 3 is 3.10 bits per heavy atom. The number of aromatic amines is 1. The quantitative estimate of drug-likeness (QED) is 0.697. The highest BCUT2D eigenvalue weighted by Gasteiger charge is 2.14. The molecule has 0 aliphatic heterocycles. The van der Waals surface area contributed by atoms with Crippen LogP contribution in [0.15, 0.2) is 36.8 Å². The molecule has 6 heteroatoms. The molecule has 1 aromatic heterocycles. The normalized spacial score (nSPS) is 11.9. The second-order valence-corrected chi connectivity index (χ2v) is 4.78. The fraction of sp³-hybridized carbons (Fsp3) is 0.333. The van der Waals surface area contributed by atoms with Crippen molar-refractivity contribution < 1.29 is 9.53 Å². The first-order chi connectivity index (χ1) is 10.2. The van der Waals surface area contributed by atoms with E-state index in [0.29, 0.717) is 13.0 Å². The van der Waals surface area contributed by atoms with Gasteiger partial charge in [0, 0.05) is 24.9 Å². The van der Waals surface area contributed by atoms with Crippen LogP contribution >= 0.6 is 0 Å². The van der Waals surface area contributed by atoms with Crippen molar-refractivity contribution in [2.45, 2.75) is 18.9 Å². The van der Waals surface area contributed by atoms with Crippen molar-refractivity contribution >= 4 is 5.91 Å². The van der Waals surface area contributed by atoms with Crippen molar-refractivity contribution in [2.75, 3.05) is 13.7 Å². The van der Waals surface area contributed by atoms with Crippen LogP contribution in [0.25, 0.3) is 0 Å². The van der Waals surface area contributed by atoms with Crippen LogP contribution in [0, 0.1) is 0 Å². The lowest BCUT2D eigenvalue weighted by atomic mass is 10.1. The third kappa shape index (κ3) is 4.61. The van der Waals surface area contributed by atoms with Gasteiger partial charge in [-0.1, -0.05) is 12.1 Å². The lowest BCUT2D eigenvalue weighted by Crippen LogP contribution is -2.42. The Bertz CT molecular complexity index is 569. The smallest absolute Gasteiger partial charge is 0.237 e. The van der Waals surface area contributed by atoms with Gasteiger partial charge in [0.2, 0.25) is 5.91 Å². The van der Waals surface area contributed by atoms with E-state index in [1.807, 2.05) is 24.3 Å². The average molecular weight is 288 g/mol. The highest BCUT2D eigenvalue weighted by atomic mass is 16.5. The summed E-state index contributed by atoms with van der Waals surface area (Å²) in [5, 5.41) is 2.84. The van der Waals surface area contributed by atoms with Gasteiger partial charge in [0.25, 0.3) is 0 Å². The van der Waals surface area contributed by atoms with Crippen molar-refractivity contribution in [3.8, 4) is 5.75 Å². The van der Waals surface area contributed by atoms with Gasteiger partial charge in [-0.25, -0.2) is 4.98 Å². The highest BCUT2D eigenvalue weighted by Crippen LogP contribution is 2.12. The maximum atomic E-state index is 11.9. The zero-order valence-corrected chi connectivity index (χ0v) is 12.0. The lowest BCUT2D eigenvalue weighted by molar-refractivity contribution is -0.122. The zero-order chi connectivity index (χ0) is 15.1. The number of nitrogens with one attached hydrogen (secondary N) is 2. The fourth-order valence-corrected chi connectivity index (χ4v) is 2.02. The molecule has 1 aromatic carbocycles. The molecule has 1 amide bonds. The second kappa shape index (κ2) is 7.44. The molecule has 0 spiro atoms. The Labute approximate surface area is 123 Å². The summed E-state index contributed by atoms with van der Waals surface area (Å²) in [7, 11) is 1.63. The summed E-state index contributed by atoms with van der Waals surface area (Å²) in [6.45, 7) is 0.544. The summed E-state index contributed by atoms with van der Waals surface area (Å²) in [4.78, 5) is 18.7. The fourth-order valence-electron chi connectivity index (χ4n) is 2.02. The molecular formula is C15H20N4O2. The largest absolute Gasteiger partial charge is 0.497 e. The van der Waals surface area contributed by atoms with Gasteiger partial charge in [-0.05, 0) is 24.1 Å². The molecule has 6 nitrogen and oxygen atoms in total. The number of ether oxygens (including phenoxy) is 1. The molecule has 0 saturated heterocycles. The number of nitrogens with zero attached hydrogens (tertiary/aromatic N) is 1. The van der Waals surface area contributed by atoms with E-state index >= 15 is 0 Å².